The molecule has 1 aliphatic heterocycles. The van der Waals surface area contributed by atoms with Crippen molar-refractivity contribution in [3.8, 4) is 0 Å². The zero-order valence-corrected chi connectivity index (χ0v) is 13.3. The Bertz CT molecular complexity index is 434. The largest absolute Gasteiger partial charge is 0.479 e. The first-order chi connectivity index (χ1) is 10.5. The number of ether oxygens (including phenoxy) is 1. The molecule has 124 valence electrons. The van der Waals surface area contributed by atoms with Crippen LogP contribution in [-0.2, 0) is 14.3 Å². The van der Waals surface area contributed by atoms with Gasteiger partial charge in [0.1, 0.15) is 6.10 Å². The third-order valence-electron chi connectivity index (χ3n) is 5.82. The molecule has 0 aromatic heterocycles. The molecule has 3 atom stereocenters. The zero-order chi connectivity index (χ0) is 15.7. The second-order valence-corrected chi connectivity index (χ2v) is 7.62. The molecular weight excluding hydrogens is 282 g/mol. The van der Waals surface area contributed by atoms with Crippen molar-refractivity contribution in [2.75, 3.05) is 0 Å². The summed E-state index contributed by atoms with van der Waals surface area (Å²) in [6.45, 7) is 1.83. The van der Waals surface area contributed by atoms with Gasteiger partial charge < -0.3 is 15.2 Å². The monoisotopic (exact) mass is 309 g/mol. The second kappa shape index (κ2) is 6.19. The van der Waals surface area contributed by atoms with Gasteiger partial charge in [0.15, 0.2) is 6.10 Å². The minimum atomic E-state index is -0.969. The van der Waals surface area contributed by atoms with Gasteiger partial charge in [-0.1, -0.05) is 32.6 Å². The molecule has 1 heterocycles. The summed E-state index contributed by atoms with van der Waals surface area (Å²) >= 11 is 0. The topological polar surface area (TPSA) is 75.6 Å². The van der Waals surface area contributed by atoms with Crippen molar-refractivity contribution in [2.24, 2.45) is 11.3 Å². The maximum Gasteiger partial charge on any atom is 0.333 e. The average Bonchev–Trinajstić information content (AvgIpc) is 2.67. The van der Waals surface area contributed by atoms with E-state index in [2.05, 4.69) is 5.32 Å². The number of carbonyl (C=O) groups is 2. The molecule has 0 radical (unpaired) electrons. The molecule has 3 rings (SSSR count). The Labute approximate surface area is 131 Å². The Hall–Kier alpha value is -1.10. The summed E-state index contributed by atoms with van der Waals surface area (Å²) in [5, 5.41) is 12.1. The quantitative estimate of drug-likeness (QED) is 0.840. The summed E-state index contributed by atoms with van der Waals surface area (Å²) in [5.74, 6) is -1.20. The highest BCUT2D eigenvalue weighted by molar-refractivity contribution is 5.83. The van der Waals surface area contributed by atoms with E-state index in [0.29, 0.717) is 11.8 Å². The van der Waals surface area contributed by atoms with Gasteiger partial charge in [0.2, 0.25) is 5.91 Å². The molecule has 5 heteroatoms. The van der Waals surface area contributed by atoms with Crippen LogP contribution in [0.1, 0.15) is 64.7 Å². The SMILES string of the molecule is C[C@@H]1C[C@H](C(=O)NC2CC3(CCCCCC3)C2)O[C@H]1C(=O)O. The van der Waals surface area contributed by atoms with E-state index >= 15 is 0 Å². The van der Waals surface area contributed by atoms with Crippen LogP contribution in [0.25, 0.3) is 0 Å². The molecule has 1 amide bonds. The molecule has 0 bridgehead atoms. The lowest BCUT2D eigenvalue weighted by Crippen LogP contribution is -2.52. The summed E-state index contributed by atoms with van der Waals surface area (Å²) in [7, 11) is 0. The van der Waals surface area contributed by atoms with Crippen molar-refractivity contribution in [3.63, 3.8) is 0 Å². The molecular formula is C17H27NO4. The lowest BCUT2D eigenvalue weighted by atomic mass is 9.61. The lowest BCUT2D eigenvalue weighted by Gasteiger charge is -2.48. The van der Waals surface area contributed by atoms with Crippen LogP contribution in [0.15, 0.2) is 0 Å². The highest BCUT2D eigenvalue weighted by atomic mass is 16.5. The van der Waals surface area contributed by atoms with E-state index in [1.807, 2.05) is 6.92 Å². The zero-order valence-electron chi connectivity index (χ0n) is 13.3. The van der Waals surface area contributed by atoms with Crippen LogP contribution in [-0.4, -0.2) is 35.2 Å². The summed E-state index contributed by atoms with van der Waals surface area (Å²) in [4.78, 5) is 23.3. The summed E-state index contributed by atoms with van der Waals surface area (Å²) in [6.07, 6.45) is 9.19. The number of carbonyl (C=O) groups excluding carboxylic acids is 1. The lowest BCUT2D eigenvalue weighted by molar-refractivity contribution is -0.153. The number of hydrogen-bond donors (Lipinski definition) is 2. The Balaban J connectivity index is 1.47. The fraction of sp³-hybridized carbons (Fsp3) is 0.882. The standard InChI is InChI=1S/C17H27NO4/c1-11-8-13(22-14(11)16(20)21)15(19)18-12-9-17(10-12)6-4-2-3-5-7-17/h11-14H,2-10H2,1H3,(H,18,19)(H,20,21)/t11-,13-,14-/m1/s1. The Morgan fingerprint density at radius 3 is 2.32 bits per heavy atom. The molecule has 0 aromatic rings. The molecule has 2 N–H and O–H groups in total. The predicted molar refractivity (Wildman–Crippen MR) is 81.4 cm³/mol. The van der Waals surface area contributed by atoms with E-state index in [0.717, 1.165) is 12.8 Å². The predicted octanol–water partition coefficient (Wildman–Crippen LogP) is 2.48. The smallest absolute Gasteiger partial charge is 0.333 e. The van der Waals surface area contributed by atoms with Crippen LogP contribution in [0, 0.1) is 11.3 Å². The van der Waals surface area contributed by atoms with E-state index < -0.39 is 18.2 Å². The number of hydrogen-bond acceptors (Lipinski definition) is 3. The minimum Gasteiger partial charge on any atom is -0.479 e. The van der Waals surface area contributed by atoms with Crippen LogP contribution < -0.4 is 5.32 Å². The molecule has 1 spiro atoms. The molecule has 2 aliphatic carbocycles. The van der Waals surface area contributed by atoms with Gasteiger partial charge in [-0.05, 0) is 43.4 Å². The van der Waals surface area contributed by atoms with Crippen LogP contribution in [0.2, 0.25) is 0 Å². The number of aliphatic carboxylic acids is 1. The average molecular weight is 309 g/mol. The third kappa shape index (κ3) is 3.14. The molecule has 5 nitrogen and oxygen atoms in total. The number of amides is 1. The van der Waals surface area contributed by atoms with Crippen molar-refractivity contribution < 1.29 is 19.4 Å². The number of carboxylic acid groups (broad SMARTS) is 1. The fourth-order valence-corrected chi connectivity index (χ4v) is 4.57. The summed E-state index contributed by atoms with van der Waals surface area (Å²) < 4.78 is 5.41. The van der Waals surface area contributed by atoms with Crippen LogP contribution in [0.5, 0.6) is 0 Å². The van der Waals surface area contributed by atoms with Crippen molar-refractivity contribution in [2.45, 2.75) is 83.0 Å². The summed E-state index contributed by atoms with van der Waals surface area (Å²) in [5.41, 5.74) is 0.474. The van der Waals surface area contributed by atoms with E-state index in [9.17, 15) is 9.59 Å². The van der Waals surface area contributed by atoms with Crippen molar-refractivity contribution in [3.05, 3.63) is 0 Å². The number of nitrogens with one attached hydrogen (secondary N) is 1. The maximum atomic E-state index is 12.3. The molecule has 0 unspecified atom stereocenters. The van der Waals surface area contributed by atoms with Crippen molar-refractivity contribution in [1.29, 1.82) is 0 Å². The minimum absolute atomic E-state index is 0.108. The normalized spacial score (nSPS) is 34.9. The molecule has 3 aliphatic rings. The molecule has 2 saturated carbocycles. The Morgan fingerprint density at radius 2 is 1.77 bits per heavy atom. The number of rotatable bonds is 3. The van der Waals surface area contributed by atoms with Crippen molar-refractivity contribution in [1.82, 2.24) is 5.32 Å². The van der Waals surface area contributed by atoms with Gasteiger partial charge in [-0.15, -0.1) is 0 Å². The van der Waals surface area contributed by atoms with Gasteiger partial charge in [0, 0.05) is 6.04 Å². The Kier molecular flexibility index (Phi) is 4.44. The first-order valence-electron chi connectivity index (χ1n) is 8.68. The van der Waals surface area contributed by atoms with E-state index in [1.165, 1.54) is 38.5 Å². The highest BCUT2D eigenvalue weighted by Crippen LogP contribution is 2.50. The van der Waals surface area contributed by atoms with Gasteiger partial charge in [-0.25, -0.2) is 4.79 Å². The van der Waals surface area contributed by atoms with Gasteiger partial charge in [0.25, 0.3) is 0 Å². The third-order valence-corrected chi connectivity index (χ3v) is 5.82. The first kappa shape index (κ1) is 15.8. The summed E-state index contributed by atoms with van der Waals surface area (Å²) in [6, 6.07) is 0.258. The van der Waals surface area contributed by atoms with Gasteiger partial charge >= 0.3 is 5.97 Å². The molecule has 3 fully saturated rings. The van der Waals surface area contributed by atoms with Crippen LogP contribution in [0.3, 0.4) is 0 Å². The molecule has 22 heavy (non-hydrogen) atoms. The number of carboxylic acids is 1. The van der Waals surface area contributed by atoms with E-state index in [1.54, 1.807) is 0 Å². The second-order valence-electron chi connectivity index (χ2n) is 7.62. The van der Waals surface area contributed by atoms with Crippen LogP contribution in [0.4, 0.5) is 0 Å². The molecule has 0 aromatic carbocycles. The highest BCUT2D eigenvalue weighted by Gasteiger charge is 2.46. The van der Waals surface area contributed by atoms with Gasteiger partial charge in [-0.3, -0.25) is 4.79 Å². The van der Waals surface area contributed by atoms with Crippen molar-refractivity contribution >= 4 is 11.9 Å². The maximum absolute atomic E-state index is 12.3. The van der Waals surface area contributed by atoms with Gasteiger partial charge in [-0.2, -0.15) is 0 Å². The van der Waals surface area contributed by atoms with E-state index in [4.69, 9.17) is 9.84 Å². The first-order valence-corrected chi connectivity index (χ1v) is 8.68. The molecule has 1 saturated heterocycles. The van der Waals surface area contributed by atoms with Crippen LogP contribution >= 0.6 is 0 Å². The fourth-order valence-electron chi connectivity index (χ4n) is 4.57. The van der Waals surface area contributed by atoms with Gasteiger partial charge in [0.05, 0.1) is 0 Å². The van der Waals surface area contributed by atoms with E-state index in [-0.39, 0.29) is 17.9 Å². The Morgan fingerprint density at radius 1 is 1.14 bits per heavy atom.